The Morgan fingerprint density at radius 2 is 1.81 bits per heavy atom. The van der Waals surface area contributed by atoms with Crippen molar-refractivity contribution in [3.8, 4) is 5.69 Å². The van der Waals surface area contributed by atoms with Crippen molar-refractivity contribution in [3.63, 3.8) is 0 Å². The third-order valence-corrected chi connectivity index (χ3v) is 3.49. The summed E-state index contributed by atoms with van der Waals surface area (Å²) in [6, 6.07) is 6.61. The van der Waals surface area contributed by atoms with Crippen molar-refractivity contribution in [2.75, 3.05) is 26.8 Å². The van der Waals surface area contributed by atoms with Gasteiger partial charge in [0, 0.05) is 13.2 Å². The van der Waals surface area contributed by atoms with Crippen molar-refractivity contribution in [2.24, 2.45) is 0 Å². The second kappa shape index (κ2) is 8.56. The lowest BCUT2D eigenvalue weighted by molar-refractivity contribution is -0.141. The topological polar surface area (TPSA) is 73.7 Å². The second-order valence-electron chi connectivity index (χ2n) is 5.45. The summed E-state index contributed by atoms with van der Waals surface area (Å²) in [7, 11) is 1.51. The van der Waals surface area contributed by atoms with Crippen LogP contribution in [0.4, 0.5) is 18.0 Å². The average Bonchev–Trinajstić information content (AvgIpc) is 3.12. The van der Waals surface area contributed by atoms with Gasteiger partial charge in [0.2, 0.25) is 0 Å². The number of halogens is 3. The van der Waals surface area contributed by atoms with Crippen LogP contribution in [0.25, 0.3) is 5.69 Å². The van der Waals surface area contributed by atoms with Gasteiger partial charge in [-0.15, -0.1) is 0 Å². The van der Waals surface area contributed by atoms with Crippen LogP contribution in [0.1, 0.15) is 23.0 Å². The first kappa shape index (κ1) is 20.3. The number of aromatic nitrogens is 2. The number of amides is 1. The van der Waals surface area contributed by atoms with Gasteiger partial charge in [0.05, 0.1) is 24.4 Å². The van der Waals surface area contributed by atoms with Gasteiger partial charge >= 0.3 is 18.2 Å². The van der Waals surface area contributed by atoms with Gasteiger partial charge in [-0.05, 0) is 37.3 Å². The van der Waals surface area contributed by atoms with Gasteiger partial charge in [-0.1, -0.05) is 0 Å². The maximum absolute atomic E-state index is 12.6. The number of hydrogen-bond acceptors (Lipinski definition) is 5. The standard InChI is InChI=1S/C17H18F3N3O4/c1-3-26-16(25)22(2)10-11-27-15(24)12-4-6-13(7-5-12)23-9-8-14(21-23)17(18,19)20/h4-9H,3,10-11H2,1-2H3. The van der Waals surface area contributed by atoms with Gasteiger partial charge in [0.25, 0.3) is 0 Å². The maximum atomic E-state index is 12.6. The summed E-state index contributed by atoms with van der Waals surface area (Å²) >= 11 is 0. The number of esters is 1. The molecular weight excluding hydrogens is 367 g/mol. The van der Waals surface area contributed by atoms with E-state index in [0.717, 1.165) is 10.7 Å². The van der Waals surface area contributed by atoms with Crippen molar-refractivity contribution >= 4 is 12.1 Å². The molecule has 27 heavy (non-hydrogen) atoms. The summed E-state index contributed by atoms with van der Waals surface area (Å²) < 4.78 is 48.7. The fourth-order valence-electron chi connectivity index (χ4n) is 2.05. The third kappa shape index (κ3) is 5.47. The Bertz CT molecular complexity index is 787. The monoisotopic (exact) mass is 385 g/mol. The summed E-state index contributed by atoms with van der Waals surface area (Å²) in [5.74, 6) is -0.616. The minimum atomic E-state index is -4.52. The van der Waals surface area contributed by atoms with Crippen LogP contribution in [0.2, 0.25) is 0 Å². The van der Waals surface area contributed by atoms with Crippen LogP contribution in [0.15, 0.2) is 36.5 Å². The molecule has 146 valence electrons. The zero-order valence-electron chi connectivity index (χ0n) is 14.7. The number of hydrogen-bond donors (Lipinski definition) is 0. The van der Waals surface area contributed by atoms with Crippen molar-refractivity contribution in [1.82, 2.24) is 14.7 Å². The zero-order valence-corrected chi connectivity index (χ0v) is 14.7. The molecule has 0 bridgehead atoms. The van der Waals surface area contributed by atoms with E-state index in [1.165, 1.54) is 42.4 Å². The summed E-state index contributed by atoms with van der Waals surface area (Å²) in [6.45, 7) is 2.07. The molecule has 0 atom stereocenters. The average molecular weight is 385 g/mol. The number of rotatable bonds is 6. The van der Waals surface area contributed by atoms with Gasteiger partial charge in [-0.2, -0.15) is 18.3 Å². The lowest BCUT2D eigenvalue weighted by Gasteiger charge is -2.16. The van der Waals surface area contributed by atoms with Crippen LogP contribution >= 0.6 is 0 Å². The highest BCUT2D eigenvalue weighted by Crippen LogP contribution is 2.27. The van der Waals surface area contributed by atoms with Gasteiger partial charge in [-0.25, -0.2) is 14.3 Å². The molecule has 0 fully saturated rings. The van der Waals surface area contributed by atoms with E-state index >= 15 is 0 Å². The minimum Gasteiger partial charge on any atom is -0.460 e. The number of likely N-dealkylation sites (N-methyl/N-ethyl adjacent to an activating group) is 1. The largest absolute Gasteiger partial charge is 0.460 e. The van der Waals surface area contributed by atoms with Gasteiger partial charge in [-0.3, -0.25) is 0 Å². The first-order valence-corrected chi connectivity index (χ1v) is 8.00. The van der Waals surface area contributed by atoms with E-state index in [1.54, 1.807) is 6.92 Å². The van der Waals surface area contributed by atoms with E-state index in [9.17, 15) is 22.8 Å². The van der Waals surface area contributed by atoms with E-state index in [2.05, 4.69) is 5.10 Å². The number of nitrogens with zero attached hydrogens (tertiary/aromatic N) is 3. The lowest BCUT2D eigenvalue weighted by atomic mass is 10.2. The molecule has 7 nitrogen and oxygen atoms in total. The Hall–Kier alpha value is -3.04. The van der Waals surface area contributed by atoms with Crippen LogP contribution in [0, 0.1) is 0 Å². The molecule has 0 saturated carbocycles. The molecule has 0 aliphatic rings. The molecule has 1 heterocycles. The first-order chi connectivity index (χ1) is 12.7. The zero-order chi connectivity index (χ0) is 20.0. The molecular formula is C17H18F3N3O4. The molecule has 2 aromatic rings. The summed E-state index contributed by atoms with van der Waals surface area (Å²) in [5, 5.41) is 3.45. The summed E-state index contributed by atoms with van der Waals surface area (Å²) in [4.78, 5) is 24.7. The molecule has 10 heteroatoms. The van der Waals surface area contributed by atoms with E-state index in [1.807, 2.05) is 0 Å². The third-order valence-electron chi connectivity index (χ3n) is 3.49. The normalized spacial score (nSPS) is 11.1. The highest BCUT2D eigenvalue weighted by molar-refractivity contribution is 5.89. The molecule has 0 spiro atoms. The molecule has 0 unspecified atom stereocenters. The van der Waals surface area contributed by atoms with Crippen molar-refractivity contribution in [3.05, 3.63) is 47.8 Å². The number of ether oxygens (including phenoxy) is 2. The number of alkyl halides is 3. The Balaban J connectivity index is 1.92. The first-order valence-electron chi connectivity index (χ1n) is 8.00. The molecule has 0 N–H and O–H groups in total. The van der Waals surface area contributed by atoms with E-state index in [0.29, 0.717) is 5.69 Å². The predicted molar refractivity (Wildman–Crippen MR) is 88.5 cm³/mol. The molecule has 2 rings (SSSR count). The highest BCUT2D eigenvalue weighted by Gasteiger charge is 2.33. The Morgan fingerprint density at radius 3 is 2.37 bits per heavy atom. The fraction of sp³-hybridized carbons (Fsp3) is 0.353. The van der Waals surface area contributed by atoms with Gasteiger partial charge in [0.1, 0.15) is 6.61 Å². The van der Waals surface area contributed by atoms with Crippen LogP contribution in [0.5, 0.6) is 0 Å². The molecule has 0 aliphatic heterocycles. The maximum Gasteiger partial charge on any atom is 0.435 e. The Labute approximate surface area is 153 Å². The van der Waals surface area contributed by atoms with Crippen molar-refractivity contribution < 1.29 is 32.2 Å². The smallest absolute Gasteiger partial charge is 0.435 e. The second-order valence-corrected chi connectivity index (χ2v) is 5.45. The van der Waals surface area contributed by atoms with Crippen LogP contribution in [-0.2, 0) is 15.7 Å². The van der Waals surface area contributed by atoms with Crippen LogP contribution in [-0.4, -0.2) is 53.5 Å². The van der Waals surface area contributed by atoms with Gasteiger partial charge in [0.15, 0.2) is 5.69 Å². The van der Waals surface area contributed by atoms with E-state index in [4.69, 9.17) is 9.47 Å². The molecule has 0 saturated heterocycles. The number of carbonyl (C=O) groups is 2. The number of carbonyl (C=O) groups excluding carboxylic acids is 2. The SMILES string of the molecule is CCOC(=O)N(C)CCOC(=O)c1ccc(-n2ccc(C(F)(F)F)n2)cc1. The highest BCUT2D eigenvalue weighted by atomic mass is 19.4. The number of benzene rings is 1. The van der Waals surface area contributed by atoms with Crippen molar-refractivity contribution in [2.45, 2.75) is 13.1 Å². The predicted octanol–water partition coefficient (Wildman–Crippen LogP) is 3.14. The summed E-state index contributed by atoms with van der Waals surface area (Å²) in [6.07, 6.45) is -3.86. The van der Waals surface area contributed by atoms with Gasteiger partial charge < -0.3 is 14.4 Å². The molecule has 0 aliphatic carbocycles. The van der Waals surface area contributed by atoms with Crippen LogP contribution in [0.3, 0.4) is 0 Å². The summed E-state index contributed by atoms with van der Waals surface area (Å²) in [5.41, 5.74) is -0.415. The molecule has 1 aromatic carbocycles. The Kier molecular flexibility index (Phi) is 6.43. The minimum absolute atomic E-state index is 0.0238. The molecule has 1 amide bonds. The Morgan fingerprint density at radius 1 is 1.15 bits per heavy atom. The van der Waals surface area contributed by atoms with E-state index < -0.39 is 23.9 Å². The van der Waals surface area contributed by atoms with Crippen LogP contribution < -0.4 is 0 Å². The fourth-order valence-corrected chi connectivity index (χ4v) is 2.05. The lowest BCUT2D eigenvalue weighted by Crippen LogP contribution is -2.31. The van der Waals surface area contributed by atoms with Crippen molar-refractivity contribution in [1.29, 1.82) is 0 Å². The van der Waals surface area contributed by atoms with E-state index in [-0.39, 0.29) is 25.3 Å². The molecule has 1 aromatic heterocycles. The molecule has 0 radical (unpaired) electrons. The quantitative estimate of drug-likeness (QED) is 0.715.